The van der Waals surface area contributed by atoms with Crippen molar-refractivity contribution in [1.82, 2.24) is 19.7 Å². The Labute approximate surface area is 184 Å². The van der Waals surface area contributed by atoms with E-state index in [9.17, 15) is 4.79 Å². The number of aromatic nitrogens is 1. The molecule has 0 bridgehead atoms. The van der Waals surface area contributed by atoms with Crippen LogP contribution in [0.3, 0.4) is 0 Å². The second-order valence-corrected chi connectivity index (χ2v) is 8.79. The van der Waals surface area contributed by atoms with Gasteiger partial charge in [-0.15, -0.1) is 0 Å². The fourth-order valence-electron chi connectivity index (χ4n) is 3.38. The molecule has 0 aliphatic heterocycles. The van der Waals surface area contributed by atoms with Crippen molar-refractivity contribution in [3.05, 3.63) is 24.0 Å². The van der Waals surface area contributed by atoms with Crippen molar-refractivity contribution >= 4 is 6.09 Å². The fourth-order valence-corrected chi connectivity index (χ4v) is 3.38. The number of ether oxygens (including phenoxy) is 1. The van der Waals surface area contributed by atoms with Crippen LogP contribution >= 0.6 is 0 Å². The van der Waals surface area contributed by atoms with Gasteiger partial charge in [0.15, 0.2) is 5.75 Å². The highest BCUT2D eigenvalue weighted by molar-refractivity contribution is 5.70. The van der Waals surface area contributed by atoms with E-state index in [2.05, 4.69) is 35.9 Å². The van der Waals surface area contributed by atoms with E-state index in [1.54, 1.807) is 32.4 Å². The first-order valence-electron chi connectivity index (χ1n) is 11.6. The Morgan fingerprint density at radius 1 is 0.833 bits per heavy atom. The van der Waals surface area contributed by atoms with Crippen LogP contribution in [0.25, 0.3) is 0 Å². The van der Waals surface area contributed by atoms with Gasteiger partial charge in [-0.3, -0.25) is 4.98 Å². The number of amides is 1. The lowest BCUT2D eigenvalue weighted by molar-refractivity contribution is 0.170. The first kappa shape index (κ1) is 26.4. The van der Waals surface area contributed by atoms with Crippen molar-refractivity contribution in [3.8, 4) is 5.75 Å². The quantitative estimate of drug-likeness (QED) is 0.351. The molecule has 0 spiro atoms. The molecule has 1 aromatic heterocycles. The molecule has 172 valence electrons. The SMILES string of the molecule is CN(C)CCCCCCCCCCCCN(C)Cc1ncccc1OC(=O)N(C)C. The van der Waals surface area contributed by atoms with Crippen molar-refractivity contribution in [2.75, 3.05) is 48.3 Å². The maximum atomic E-state index is 11.8. The van der Waals surface area contributed by atoms with Crippen LogP contribution in [0.15, 0.2) is 18.3 Å². The first-order chi connectivity index (χ1) is 14.4. The lowest BCUT2D eigenvalue weighted by atomic mass is 10.1. The number of hydrogen-bond donors (Lipinski definition) is 0. The van der Waals surface area contributed by atoms with Gasteiger partial charge < -0.3 is 19.4 Å². The highest BCUT2D eigenvalue weighted by Gasteiger charge is 2.13. The standard InChI is InChI=1S/C24H44N4O2/c1-26(2)19-14-12-10-8-6-7-9-11-13-15-20-28(5)21-22-23(17-16-18-25-22)30-24(29)27(3)4/h16-18H,6-15,19-21H2,1-5H3. The van der Waals surface area contributed by atoms with Gasteiger partial charge in [-0.25, -0.2) is 4.79 Å². The van der Waals surface area contributed by atoms with E-state index in [0.29, 0.717) is 12.3 Å². The second-order valence-electron chi connectivity index (χ2n) is 8.79. The van der Waals surface area contributed by atoms with Crippen LogP contribution in [0.1, 0.15) is 69.9 Å². The molecule has 1 amide bonds. The minimum atomic E-state index is -0.375. The molecule has 0 saturated heterocycles. The van der Waals surface area contributed by atoms with E-state index >= 15 is 0 Å². The minimum absolute atomic E-state index is 0.375. The van der Waals surface area contributed by atoms with Gasteiger partial charge in [0.1, 0.15) is 0 Å². The van der Waals surface area contributed by atoms with Crippen molar-refractivity contribution in [2.45, 2.75) is 70.8 Å². The Morgan fingerprint density at radius 3 is 1.90 bits per heavy atom. The fraction of sp³-hybridized carbons (Fsp3) is 0.750. The third kappa shape index (κ3) is 12.8. The molecule has 0 unspecified atom stereocenters. The summed E-state index contributed by atoms with van der Waals surface area (Å²) in [5.74, 6) is 0.546. The van der Waals surface area contributed by atoms with Crippen molar-refractivity contribution in [2.24, 2.45) is 0 Å². The molecule has 0 aliphatic carbocycles. The number of nitrogens with zero attached hydrogens (tertiary/aromatic N) is 4. The van der Waals surface area contributed by atoms with E-state index in [0.717, 1.165) is 12.2 Å². The van der Waals surface area contributed by atoms with Crippen LogP contribution in [0.4, 0.5) is 4.79 Å². The summed E-state index contributed by atoms with van der Waals surface area (Å²) >= 11 is 0. The molecule has 0 atom stereocenters. The number of unbranched alkanes of at least 4 members (excludes halogenated alkanes) is 9. The van der Waals surface area contributed by atoms with Crippen LogP contribution in [-0.4, -0.2) is 74.1 Å². The summed E-state index contributed by atoms with van der Waals surface area (Å²) in [6, 6.07) is 3.60. The summed E-state index contributed by atoms with van der Waals surface area (Å²) in [5, 5.41) is 0. The summed E-state index contributed by atoms with van der Waals surface area (Å²) in [5.41, 5.74) is 0.806. The highest BCUT2D eigenvalue weighted by atomic mass is 16.6. The van der Waals surface area contributed by atoms with Gasteiger partial charge >= 0.3 is 6.09 Å². The predicted molar refractivity (Wildman–Crippen MR) is 125 cm³/mol. The van der Waals surface area contributed by atoms with Crippen molar-refractivity contribution < 1.29 is 9.53 Å². The molecular weight excluding hydrogens is 376 g/mol. The third-order valence-corrected chi connectivity index (χ3v) is 5.23. The number of carbonyl (C=O) groups excluding carboxylic acids is 1. The summed E-state index contributed by atoms with van der Waals surface area (Å²) < 4.78 is 5.43. The highest BCUT2D eigenvalue weighted by Crippen LogP contribution is 2.18. The van der Waals surface area contributed by atoms with Crippen LogP contribution in [0.5, 0.6) is 5.75 Å². The zero-order valence-electron chi connectivity index (χ0n) is 20.0. The number of pyridine rings is 1. The van der Waals surface area contributed by atoms with Gasteiger partial charge in [-0.1, -0.05) is 51.4 Å². The Morgan fingerprint density at radius 2 is 1.37 bits per heavy atom. The number of rotatable bonds is 16. The zero-order chi connectivity index (χ0) is 22.2. The molecule has 1 aromatic rings. The molecule has 0 N–H and O–H groups in total. The Bertz CT molecular complexity index is 578. The van der Waals surface area contributed by atoms with Gasteiger partial charge in [0.25, 0.3) is 0 Å². The number of hydrogen-bond acceptors (Lipinski definition) is 5. The molecule has 6 nitrogen and oxygen atoms in total. The molecular formula is C24H44N4O2. The molecule has 0 fully saturated rings. The molecule has 0 radical (unpaired) electrons. The van der Waals surface area contributed by atoms with Gasteiger partial charge in [0.2, 0.25) is 0 Å². The summed E-state index contributed by atoms with van der Waals surface area (Å²) in [4.78, 5) is 22.2. The van der Waals surface area contributed by atoms with E-state index < -0.39 is 0 Å². The summed E-state index contributed by atoms with van der Waals surface area (Å²) in [6.07, 6.45) is 14.8. The summed E-state index contributed by atoms with van der Waals surface area (Å²) in [7, 11) is 9.75. The van der Waals surface area contributed by atoms with Crippen LogP contribution in [0, 0.1) is 0 Å². The Hall–Kier alpha value is -1.66. The molecule has 0 aliphatic rings. The minimum Gasteiger partial charge on any atom is -0.408 e. The molecule has 0 aromatic carbocycles. The maximum absolute atomic E-state index is 11.8. The van der Waals surface area contributed by atoms with Gasteiger partial charge in [0, 0.05) is 26.8 Å². The van der Waals surface area contributed by atoms with E-state index in [1.165, 1.54) is 75.7 Å². The number of carbonyl (C=O) groups is 1. The average Bonchev–Trinajstić information content (AvgIpc) is 2.70. The molecule has 6 heteroatoms. The van der Waals surface area contributed by atoms with E-state index in [4.69, 9.17) is 4.74 Å². The van der Waals surface area contributed by atoms with Crippen molar-refractivity contribution in [1.29, 1.82) is 0 Å². The van der Waals surface area contributed by atoms with Gasteiger partial charge in [-0.05, 0) is 59.2 Å². The first-order valence-corrected chi connectivity index (χ1v) is 11.6. The molecule has 30 heavy (non-hydrogen) atoms. The van der Waals surface area contributed by atoms with E-state index in [1.807, 2.05) is 0 Å². The molecule has 0 saturated carbocycles. The summed E-state index contributed by atoms with van der Waals surface area (Å²) in [6.45, 7) is 2.94. The van der Waals surface area contributed by atoms with Crippen molar-refractivity contribution in [3.63, 3.8) is 0 Å². The maximum Gasteiger partial charge on any atom is 0.414 e. The Kier molecular flexibility index (Phi) is 14.1. The average molecular weight is 421 g/mol. The van der Waals surface area contributed by atoms with E-state index in [-0.39, 0.29) is 6.09 Å². The van der Waals surface area contributed by atoms with Crippen LogP contribution in [0.2, 0.25) is 0 Å². The lowest BCUT2D eigenvalue weighted by Crippen LogP contribution is -2.26. The van der Waals surface area contributed by atoms with Crippen LogP contribution < -0.4 is 4.74 Å². The lowest BCUT2D eigenvalue weighted by Gasteiger charge is -2.18. The van der Waals surface area contributed by atoms with Gasteiger partial charge in [0.05, 0.1) is 5.69 Å². The monoisotopic (exact) mass is 420 g/mol. The predicted octanol–water partition coefficient (Wildman–Crippen LogP) is 5.04. The second kappa shape index (κ2) is 16.1. The third-order valence-electron chi connectivity index (χ3n) is 5.23. The molecule has 1 heterocycles. The largest absolute Gasteiger partial charge is 0.414 e. The smallest absolute Gasteiger partial charge is 0.408 e. The molecule has 1 rings (SSSR count). The topological polar surface area (TPSA) is 48.9 Å². The normalized spacial score (nSPS) is 11.3. The van der Waals surface area contributed by atoms with Gasteiger partial charge in [-0.2, -0.15) is 0 Å². The van der Waals surface area contributed by atoms with Crippen LogP contribution in [-0.2, 0) is 6.54 Å². The Balaban J connectivity index is 2.09. The zero-order valence-corrected chi connectivity index (χ0v) is 20.0.